The predicted molar refractivity (Wildman–Crippen MR) is 90.5 cm³/mol. The molecule has 0 saturated heterocycles. The summed E-state index contributed by atoms with van der Waals surface area (Å²) in [5.74, 6) is 0.0675. The lowest BCUT2D eigenvalue weighted by atomic mass is 10.1. The van der Waals surface area contributed by atoms with Gasteiger partial charge in [-0.2, -0.15) is 5.26 Å². The quantitative estimate of drug-likeness (QED) is 0.943. The number of carbonyl (C=O) groups excluding carboxylic acids is 1. The molecule has 1 aromatic carbocycles. The number of benzene rings is 1. The third-order valence-electron chi connectivity index (χ3n) is 3.53. The molecule has 5 heteroatoms. The molecule has 2 aromatic rings. The summed E-state index contributed by atoms with van der Waals surface area (Å²) in [7, 11) is 3.49. The number of amides is 1. The van der Waals surface area contributed by atoms with Crippen LogP contribution in [0.3, 0.4) is 0 Å². The van der Waals surface area contributed by atoms with Gasteiger partial charge in [-0.15, -0.1) is 0 Å². The summed E-state index contributed by atoms with van der Waals surface area (Å²) in [6.45, 7) is 3.72. The summed E-state index contributed by atoms with van der Waals surface area (Å²) in [6, 6.07) is 11.7. The van der Waals surface area contributed by atoms with Crippen molar-refractivity contribution in [3.63, 3.8) is 0 Å². The summed E-state index contributed by atoms with van der Waals surface area (Å²) < 4.78 is 0. The maximum atomic E-state index is 11.7. The van der Waals surface area contributed by atoms with Gasteiger partial charge in [0.15, 0.2) is 0 Å². The van der Waals surface area contributed by atoms with E-state index in [9.17, 15) is 10.1 Å². The smallest absolute Gasteiger partial charge is 0.226 e. The number of nitrogens with zero attached hydrogens (tertiary/aromatic N) is 3. The first-order chi connectivity index (χ1) is 10.9. The number of hydrogen-bond donors (Lipinski definition) is 1. The van der Waals surface area contributed by atoms with Crippen LogP contribution in [-0.2, 0) is 11.2 Å². The first-order valence-electron chi connectivity index (χ1n) is 7.35. The van der Waals surface area contributed by atoms with Gasteiger partial charge < -0.3 is 10.2 Å². The summed E-state index contributed by atoms with van der Waals surface area (Å²) in [5, 5.41) is 12.5. The zero-order valence-electron chi connectivity index (χ0n) is 13.8. The molecule has 0 aliphatic rings. The molecule has 118 valence electrons. The molecule has 1 aromatic heterocycles. The van der Waals surface area contributed by atoms with Crippen LogP contribution in [0.5, 0.6) is 0 Å². The van der Waals surface area contributed by atoms with E-state index < -0.39 is 0 Å². The monoisotopic (exact) mass is 308 g/mol. The average Bonchev–Trinajstić information content (AvgIpc) is 2.48. The number of likely N-dealkylation sites (N-methyl/N-ethyl adjacent to an activating group) is 1. The lowest BCUT2D eigenvalue weighted by Gasteiger charge is -2.12. The number of pyridine rings is 1. The number of nitrogens with one attached hydrogen (secondary N) is 1. The molecule has 1 N–H and O–H groups in total. The normalized spacial score (nSPS) is 10.0. The maximum absolute atomic E-state index is 11.7. The van der Waals surface area contributed by atoms with E-state index in [-0.39, 0.29) is 5.91 Å². The molecule has 1 heterocycles. The maximum Gasteiger partial charge on any atom is 0.226 e. The molecule has 23 heavy (non-hydrogen) atoms. The third-order valence-corrected chi connectivity index (χ3v) is 3.53. The lowest BCUT2D eigenvalue weighted by molar-refractivity contribution is -0.127. The highest BCUT2D eigenvalue weighted by atomic mass is 16.2. The molecular weight excluding hydrogens is 288 g/mol. The fourth-order valence-electron chi connectivity index (χ4n) is 2.26. The summed E-state index contributed by atoms with van der Waals surface area (Å²) in [6.07, 6.45) is 0.379. The Morgan fingerprint density at radius 1 is 1.26 bits per heavy atom. The van der Waals surface area contributed by atoms with Crippen molar-refractivity contribution in [1.82, 2.24) is 9.88 Å². The zero-order chi connectivity index (χ0) is 17.0. The van der Waals surface area contributed by atoms with E-state index in [1.807, 2.05) is 44.2 Å². The second-order valence-corrected chi connectivity index (χ2v) is 5.67. The van der Waals surface area contributed by atoms with Crippen molar-refractivity contribution >= 4 is 17.3 Å². The number of rotatable bonds is 4. The van der Waals surface area contributed by atoms with E-state index in [1.54, 1.807) is 19.0 Å². The van der Waals surface area contributed by atoms with Crippen LogP contribution in [0.4, 0.5) is 11.4 Å². The molecular formula is C18H20N4O. The Labute approximate surface area is 136 Å². The molecule has 1 amide bonds. The molecule has 0 fully saturated rings. The Morgan fingerprint density at radius 2 is 1.91 bits per heavy atom. The van der Waals surface area contributed by atoms with Gasteiger partial charge in [0.1, 0.15) is 6.07 Å². The molecule has 2 rings (SSSR count). The fourth-order valence-corrected chi connectivity index (χ4v) is 2.26. The van der Waals surface area contributed by atoms with E-state index >= 15 is 0 Å². The van der Waals surface area contributed by atoms with Crippen LogP contribution >= 0.6 is 0 Å². The predicted octanol–water partition coefficient (Wildman–Crippen LogP) is 2.94. The second-order valence-electron chi connectivity index (χ2n) is 5.67. The second kappa shape index (κ2) is 6.93. The van der Waals surface area contributed by atoms with Gasteiger partial charge in [0.05, 0.1) is 23.4 Å². The minimum Gasteiger partial charge on any atom is -0.354 e. The van der Waals surface area contributed by atoms with Gasteiger partial charge in [-0.1, -0.05) is 12.1 Å². The zero-order valence-corrected chi connectivity index (χ0v) is 13.8. The lowest BCUT2D eigenvalue weighted by Crippen LogP contribution is -2.23. The summed E-state index contributed by atoms with van der Waals surface area (Å²) in [5.41, 5.74) is 4.68. The molecule has 0 atom stereocenters. The number of aromatic nitrogens is 1. The van der Waals surface area contributed by atoms with Crippen molar-refractivity contribution < 1.29 is 4.79 Å². The van der Waals surface area contributed by atoms with E-state index in [2.05, 4.69) is 16.4 Å². The first-order valence-corrected chi connectivity index (χ1v) is 7.35. The largest absolute Gasteiger partial charge is 0.354 e. The van der Waals surface area contributed by atoms with Gasteiger partial charge in [0.2, 0.25) is 5.91 Å². The van der Waals surface area contributed by atoms with Crippen molar-refractivity contribution in [2.45, 2.75) is 20.3 Å². The highest BCUT2D eigenvalue weighted by molar-refractivity contribution is 5.78. The van der Waals surface area contributed by atoms with E-state index in [4.69, 9.17) is 0 Å². The summed E-state index contributed by atoms with van der Waals surface area (Å²) >= 11 is 0. The van der Waals surface area contributed by atoms with E-state index in [1.165, 1.54) is 0 Å². The number of aryl methyl sites for hydroxylation is 2. The highest BCUT2D eigenvalue weighted by Crippen LogP contribution is 2.23. The van der Waals surface area contributed by atoms with Crippen molar-refractivity contribution in [3.05, 3.63) is 52.8 Å². The van der Waals surface area contributed by atoms with Crippen LogP contribution < -0.4 is 5.32 Å². The van der Waals surface area contributed by atoms with Gasteiger partial charge in [0, 0.05) is 25.5 Å². The first kappa shape index (κ1) is 16.5. The van der Waals surface area contributed by atoms with E-state index in [0.29, 0.717) is 17.7 Å². The van der Waals surface area contributed by atoms with Crippen LogP contribution in [0.25, 0.3) is 0 Å². The van der Waals surface area contributed by atoms with Crippen molar-refractivity contribution in [2.75, 3.05) is 19.4 Å². The topological polar surface area (TPSA) is 69.0 Å². The molecule has 0 aliphatic heterocycles. The molecule has 5 nitrogen and oxygen atoms in total. The number of hydrogen-bond acceptors (Lipinski definition) is 4. The fraction of sp³-hybridized carbons (Fsp3) is 0.278. The van der Waals surface area contributed by atoms with Crippen molar-refractivity contribution in [1.29, 1.82) is 5.26 Å². The molecule has 0 spiro atoms. The molecule has 0 aliphatic carbocycles. The Kier molecular flexibility index (Phi) is 4.97. The Bertz CT molecular complexity index is 758. The van der Waals surface area contributed by atoms with Crippen LogP contribution in [0, 0.1) is 25.2 Å². The Hall–Kier alpha value is -2.87. The Balaban J connectivity index is 2.19. The minimum atomic E-state index is 0.0675. The van der Waals surface area contributed by atoms with Crippen molar-refractivity contribution in [2.24, 2.45) is 0 Å². The van der Waals surface area contributed by atoms with E-state index in [0.717, 1.165) is 22.6 Å². The average molecular weight is 308 g/mol. The van der Waals surface area contributed by atoms with Gasteiger partial charge in [-0.05, 0) is 37.6 Å². The van der Waals surface area contributed by atoms with Crippen LogP contribution in [0.15, 0.2) is 30.3 Å². The standard InChI is InChI=1S/C18H20N4O/c1-12-9-17(16(11-19)13(2)20-12)21-15-7-5-14(6-8-15)10-18(23)22(3)4/h5-9H,10H2,1-4H3,(H,20,21). The molecule has 0 radical (unpaired) electrons. The number of anilines is 2. The molecule has 0 saturated carbocycles. The molecule has 0 unspecified atom stereocenters. The van der Waals surface area contributed by atoms with Crippen molar-refractivity contribution in [3.8, 4) is 6.07 Å². The van der Waals surface area contributed by atoms with Gasteiger partial charge in [0.25, 0.3) is 0 Å². The third kappa shape index (κ3) is 4.07. The number of carbonyl (C=O) groups is 1. The Morgan fingerprint density at radius 3 is 2.48 bits per heavy atom. The van der Waals surface area contributed by atoms with Crippen LogP contribution in [0.2, 0.25) is 0 Å². The van der Waals surface area contributed by atoms with Gasteiger partial charge in [-0.3, -0.25) is 9.78 Å². The molecule has 0 bridgehead atoms. The SMILES string of the molecule is Cc1cc(Nc2ccc(CC(=O)N(C)C)cc2)c(C#N)c(C)n1. The van der Waals surface area contributed by atoms with Crippen LogP contribution in [-0.4, -0.2) is 29.9 Å². The van der Waals surface area contributed by atoms with Crippen LogP contribution in [0.1, 0.15) is 22.5 Å². The van der Waals surface area contributed by atoms with Gasteiger partial charge in [-0.25, -0.2) is 0 Å². The minimum absolute atomic E-state index is 0.0675. The number of nitriles is 1. The summed E-state index contributed by atoms with van der Waals surface area (Å²) in [4.78, 5) is 17.6. The van der Waals surface area contributed by atoms with Gasteiger partial charge >= 0.3 is 0 Å². The highest BCUT2D eigenvalue weighted by Gasteiger charge is 2.09.